The molecule has 3 heteroatoms. The van der Waals surface area contributed by atoms with Gasteiger partial charge in [-0.25, -0.2) is 0 Å². The van der Waals surface area contributed by atoms with Gasteiger partial charge in [-0.15, -0.1) is 0 Å². The fourth-order valence-corrected chi connectivity index (χ4v) is 1.97. The molecule has 1 aromatic rings. The van der Waals surface area contributed by atoms with Gasteiger partial charge in [-0.2, -0.15) is 0 Å². The lowest BCUT2D eigenvalue weighted by atomic mass is 9.94. The van der Waals surface area contributed by atoms with E-state index in [1.54, 1.807) is 7.11 Å². The summed E-state index contributed by atoms with van der Waals surface area (Å²) in [7, 11) is 3.68. The predicted octanol–water partition coefficient (Wildman–Crippen LogP) is 3.42. The highest BCUT2D eigenvalue weighted by atomic mass is 35.5. The van der Waals surface area contributed by atoms with Crippen molar-refractivity contribution in [1.29, 1.82) is 0 Å². The Morgan fingerprint density at radius 2 is 2.00 bits per heavy atom. The molecule has 0 amide bonds. The summed E-state index contributed by atoms with van der Waals surface area (Å²) in [5.74, 6) is 0. The standard InChI is InChI=1S/C13H20ClNO/c1-13(2,16-4)9-12(15-3)10-7-5-6-8-11(10)14/h5-8,12,15H,9H2,1-4H3. The van der Waals surface area contributed by atoms with Crippen molar-refractivity contribution in [3.63, 3.8) is 0 Å². The van der Waals surface area contributed by atoms with Crippen LogP contribution < -0.4 is 5.32 Å². The Hall–Kier alpha value is -0.570. The van der Waals surface area contributed by atoms with E-state index in [4.69, 9.17) is 16.3 Å². The van der Waals surface area contributed by atoms with E-state index >= 15 is 0 Å². The second kappa shape index (κ2) is 5.67. The van der Waals surface area contributed by atoms with Gasteiger partial charge in [0.15, 0.2) is 0 Å². The number of rotatable bonds is 5. The smallest absolute Gasteiger partial charge is 0.0640 e. The van der Waals surface area contributed by atoms with Crippen LogP contribution in [-0.2, 0) is 4.74 Å². The number of methoxy groups -OCH3 is 1. The number of halogens is 1. The quantitative estimate of drug-likeness (QED) is 0.853. The third-order valence-corrected chi connectivity index (χ3v) is 3.22. The second-order valence-electron chi connectivity index (χ2n) is 4.53. The topological polar surface area (TPSA) is 21.3 Å². The van der Waals surface area contributed by atoms with Gasteiger partial charge in [0.05, 0.1) is 5.60 Å². The molecule has 0 saturated carbocycles. The van der Waals surface area contributed by atoms with Gasteiger partial charge in [-0.3, -0.25) is 0 Å². The van der Waals surface area contributed by atoms with Crippen molar-refractivity contribution in [2.75, 3.05) is 14.2 Å². The number of hydrogen-bond donors (Lipinski definition) is 1. The number of ether oxygens (including phenoxy) is 1. The Morgan fingerprint density at radius 3 is 2.50 bits per heavy atom. The lowest BCUT2D eigenvalue weighted by molar-refractivity contribution is 0.00745. The number of hydrogen-bond acceptors (Lipinski definition) is 2. The number of benzene rings is 1. The maximum atomic E-state index is 6.19. The molecule has 0 aliphatic heterocycles. The monoisotopic (exact) mass is 241 g/mol. The van der Waals surface area contributed by atoms with Crippen molar-refractivity contribution in [3.05, 3.63) is 34.9 Å². The highest BCUT2D eigenvalue weighted by molar-refractivity contribution is 6.31. The van der Waals surface area contributed by atoms with E-state index in [-0.39, 0.29) is 11.6 Å². The Kier molecular flexibility index (Phi) is 4.78. The molecule has 1 aromatic carbocycles. The van der Waals surface area contributed by atoms with Crippen LogP contribution in [0.2, 0.25) is 5.02 Å². The predicted molar refractivity (Wildman–Crippen MR) is 69.0 cm³/mol. The lowest BCUT2D eigenvalue weighted by Crippen LogP contribution is -2.30. The SMILES string of the molecule is CNC(CC(C)(C)OC)c1ccccc1Cl. The van der Waals surface area contributed by atoms with E-state index in [0.29, 0.717) is 0 Å². The van der Waals surface area contributed by atoms with E-state index in [2.05, 4.69) is 25.2 Å². The van der Waals surface area contributed by atoms with Gasteiger partial charge in [-0.05, 0) is 38.9 Å². The van der Waals surface area contributed by atoms with E-state index in [0.717, 1.165) is 17.0 Å². The van der Waals surface area contributed by atoms with Crippen molar-refractivity contribution in [2.24, 2.45) is 0 Å². The molecule has 1 N–H and O–H groups in total. The molecule has 16 heavy (non-hydrogen) atoms. The third-order valence-electron chi connectivity index (χ3n) is 2.88. The summed E-state index contributed by atoms with van der Waals surface area (Å²) >= 11 is 6.19. The fourth-order valence-electron chi connectivity index (χ4n) is 1.70. The molecule has 0 heterocycles. The van der Waals surface area contributed by atoms with Gasteiger partial charge in [-0.1, -0.05) is 29.8 Å². The molecule has 2 nitrogen and oxygen atoms in total. The van der Waals surface area contributed by atoms with Gasteiger partial charge < -0.3 is 10.1 Å². The summed E-state index contributed by atoms with van der Waals surface area (Å²) in [6.07, 6.45) is 0.879. The zero-order chi connectivity index (χ0) is 12.2. The summed E-state index contributed by atoms with van der Waals surface area (Å²) in [6.45, 7) is 4.16. The zero-order valence-electron chi connectivity index (χ0n) is 10.4. The van der Waals surface area contributed by atoms with Gasteiger partial charge in [0.25, 0.3) is 0 Å². The van der Waals surface area contributed by atoms with Crippen molar-refractivity contribution in [3.8, 4) is 0 Å². The van der Waals surface area contributed by atoms with E-state index < -0.39 is 0 Å². The van der Waals surface area contributed by atoms with E-state index in [1.165, 1.54) is 0 Å². The van der Waals surface area contributed by atoms with Crippen molar-refractivity contribution >= 4 is 11.6 Å². The lowest BCUT2D eigenvalue weighted by Gasteiger charge is -2.29. The average molecular weight is 242 g/mol. The summed E-state index contributed by atoms with van der Waals surface area (Å²) in [5.41, 5.74) is 0.962. The average Bonchev–Trinajstić information content (AvgIpc) is 2.27. The van der Waals surface area contributed by atoms with Crippen LogP contribution in [0.4, 0.5) is 0 Å². The Labute approximate surface area is 103 Å². The van der Waals surface area contributed by atoms with E-state index in [9.17, 15) is 0 Å². The van der Waals surface area contributed by atoms with Crippen LogP contribution >= 0.6 is 11.6 Å². The molecule has 0 saturated heterocycles. The normalized spacial score (nSPS) is 13.8. The largest absolute Gasteiger partial charge is 0.379 e. The van der Waals surface area contributed by atoms with E-state index in [1.807, 2.05) is 25.2 Å². The minimum absolute atomic E-state index is 0.160. The minimum Gasteiger partial charge on any atom is -0.379 e. The van der Waals surface area contributed by atoms with Crippen molar-refractivity contribution in [2.45, 2.75) is 31.9 Å². The fraction of sp³-hybridized carbons (Fsp3) is 0.538. The summed E-state index contributed by atoms with van der Waals surface area (Å²) < 4.78 is 5.45. The van der Waals surface area contributed by atoms with Gasteiger partial charge >= 0.3 is 0 Å². The Balaban J connectivity index is 2.87. The van der Waals surface area contributed by atoms with Crippen LogP contribution in [-0.4, -0.2) is 19.8 Å². The first-order chi connectivity index (χ1) is 7.50. The first-order valence-electron chi connectivity index (χ1n) is 5.47. The molecule has 0 bridgehead atoms. The molecular weight excluding hydrogens is 222 g/mol. The second-order valence-corrected chi connectivity index (χ2v) is 4.94. The molecular formula is C13H20ClNO. The summed E-state index contributed by atoms with van der Waals surface area (Å²) in [6, 6.07) is 8.13. The Morgan fingerprint density at radius 1 is 1.38 bits per heavy atom. The van der Waals surface area contributed by atoms with Crippen LogP contribution in [0.1, 0.15) is 31.9 Å². The molecule has 1 atom stereocenters. The van der Waals surface area contributed by atoms with Crippen LogP contribution in [0.5, 0.6) is 0 Å². The Bertz CT molecular complexity index is 338. The van der Waals surface area contributed by atoms with Crippen molar-refractivity contribution in [1.82, 2.24) is 5.32 Å². The zero-order valence-corrected chi connectivity index (χ0v) is 11.1. The number of nitrogens with one attached hydrogen (secondary N) is 1. The van der Waals surface area contributed by atoms with Crippen molar-refractivity contribution < 1.29 is 4.74 Å². The van der Waals surface area contributed by atoms with Gasteiger partial charge in [0.2, 0.25) is 0 Å². The van der Waals surface area contributed by atoms with Crippen LogP contribution in [0.25, 0.3) is 0 Å². The molecule has 90 valence electrons. The van der Waals surface area contributed by atoms with Gasteiger partial charge in [0, 0.05) is 18.2 Å². The molecule has 0 fully saturated rings. The molecule has 1 rings (SSSR count). The first kappa shape index (κ1) is 13.5. The molecule has 0 aliphatic rings. The third kappa shape index (κ3) is 3.48. The molecule has 0 spiro atoms. The summed E-state index contributed by atoms with van der Waals surface area (Å²) in [5, 5.41) is 4.08. The molecule has 0 aromatic heterocycles. The first-order valence-corrected chi connectivity index (χ1v) is 5.85. The maximum absolute atomic E-state index is 6.19. The van der Waals surface area contributed by atoms with Crippen LogP contribution in [0.15, 0.2) is 24.3 Å². The highest BCUT2D eigenvalue weighted by Gasteiger charge is 2.23. The molecule has 1 unspecified atom stereocenters. The van der Waals surface area contributed by atoms with Crippen LogP contribution in [0, 0.1) is 0 Å². The minimum atomic E-state index is -0.160. The highest BCUT2D eigenvalue weighted by Crippen LogP contribution is 2.29. The molecule has 0 radical (unpaired) electrons. The maximum Gasteiger partial charge on any atom is 0.0640 e. The summed E-state index contributed by atoms with van der Waals surface area (Å²) in [4.78, 5) is 0. The van der Waals surface area contributed by atoms with Gasteiger partial charge in [0.1, 0.15) is 0 Å². The van der Waals surface area contributed by atoms with Crippen LogP contribution in [0.3, 0.4) is 0 Å². The molecule has 0 aliphatic carbocycles.